The van der Waals surface area contributed by atoms with Gasteiger partial charge in [-0.2, -0.15) is 0 Å². The van der Waals surface area contributed by atoms with Crippen molar-refractivity contribution in [2.24, 2.45) is 0 Å². The predicted molar refractivity (Wildman–Crippen MR) is 81.3 cm³/mol. The number of carbonyl (C=O) groups excluding carboxylic acids is 1. The lowest BCUT2D eigenvalue weighted by Crippen LogP contribution is -2.13. The number of hydrogen-bond donors (Lipinski definition) is 2. The van der Waals surface area contributed by atoms with Gasteiger partial charge in [-0.1, -0.05) is 12.1 Å². The molecule has 2 rings (SSSR count). The van der Waals surface area contributed by atoms with Crippen LogP contribution in [0.4, 0.5) is 11.4 Å². The fourth-order valence-electron chi connectivity index (χ4n) is 1.93. The second kappa shape index (κ2) is 5.65. The van der Waals surface area contributed by atoms with Crippen LogP contribution in [0.5, 0.6) is 5.75 Å². The molecule has 0 radical (unpaired) electrons. The van der Waals surface area contributed by atoms with Gasteiger partial charge in [-0.3, -0.25) is 4.79 Å². The Labute approximate surface area is 118 Å². The molecule has 0 aliphatic rings. The number of anilines is 2. The molecule has 4 nitrogen and oxygen atoms in total. The van der Waals surface area contributed by atoms with Crippen molar-refractivity contribution in [1.29, 1.82) is 0 Å². The van der Waals surface area contributed by atoms with E-state index in [1.165, 1.54) is 7.11 Å². The number of aryl methyl sites for hydroxylation is 1. The fourth-order valence-corrected chi connectivity index (χ4v) is 1.93. The van der Waals surface area contributed by atoms with Crippen LogP contribution >= 0.6 is 0 Å². The third-order valence-corrected chi connectivity index (χ3v) is 3.35. The molecule has 0 saturated carbocycles. The molecule has 0 aliphatic heterocycles. The van der Waals surface area contributed by atoms with E-state index in [4.69, 9.17) is 10.5 Å². The van der Waals surface area contributed by atoms with Crippen LogP contribution < -0.4 is 15.8 Å². The number of nitrogen functional groups attached to an aromatic ring is 1. The number of methoxy groups -OCH3 is 1. The Hall–Kier alpha value is -2.49. The van der Waals surface area contributed by atoms with Crippen LogP contribution in [0.15, 0.2) is 36.4 Å². The Kier molecular flexibility index (Phi) is 3.94. The van der Waals surface area contributed by atoms with E-state index in [1.54, 1.807) is 18.2 Å². The summed E-state index contributed by atoms with van der Waals surface area (Å²) >= 11 is 0. The van der Waals surface area contributed by atoms with Gasteiger partial charge in [-0.05, 0) is 49.2 Å². The van der Waals surface area contributed by atoms with Gasteiger partial charge in [0.1, 0.15) is 5.75 Å². The van der Waals surface area contributed by atoms with Gasteiger partial charge in [0.25, 0.3) is 5.91 Å². The van der Waals surface area contributed by atoms with Gasteiger partial charge in [0.2, 0.25) is 0 Å². The van der Waals surface area contributed by atoms with Gasteiger partial charge in [0, 0.05) is 11.3 Å². The summed E-state index contributed by atoms with van der Waals surface area (Å²) in [6.07, 6.45) is 0. The highest BCUT2D eigenvalue weighted by Gasteiger charge is 2.10. The van der Waals surface area contributed by atoms with E-state index in [0.29, 0.717) is 17.0 Å². The Bertz CT molecular complexity index is 651. The minimum atomic E-state index is -0.183. The summed E-state index contributed by atoms with van der Waals surface area (Å²) in [6, 6.07) is 10.8. The minimum absolute atomic E-state index is 0.183. The van der Waals surface area contributed by atoms with Crippen molar-refractivity contribution in [2.45, 2.75) is 13.8 Å². The molecule has 0 bridgehead atoms. The molecule has 3 N–H and O–H groups in total. The van der Waals surface area contributed by atoms with Gasteiger partial charge < -0.3 is 15.8 Å². The van der Waals surface area contributed by atoms with Crippen molar-refractivity contribution in [2.75, 3.05) is 18.2 Å². The number of ether oxygens (including phenoxy) is 1. The van der Waals surface area contributed by atoms with Crippen LogP contribution in [0.3, 0.4) is 0 Å². The van der Waals surface area contributed by atoms with Gasteiger partial charge in [0.05, 0.1) is 12.8 Å². The van der Waals surface area contributed by atoms with Crippen molar-refractivity contribution in [1.82, 2.24) is 0 Å². The lowest BCUT2D eigenvalue weighted by atomic mass is 10.1. The van der Waals surface area contributed by atoms with Crippen molar-refractivity contribution in [3.8, 4) is 5.75 Å². The second-order valence-corrected chi connectivity index (χ2v) is 4.66. The molecular formula is C16H18N2O2. The van der Waals surface area contributed by atoms with Crippen LogP contribution in [0.1, 0.15) is 21.5 Å². The third kappa shape index (κ3) is 2.74. The normalized spacial score (nSPS) is 10.2. The average Bonchev–Trinajstić information content (AvgIpc) is 2.44. The molecular weight excluding hydrogens is 252 g/mol. The summed E-state index contributed by atoms with van der Waals surface area (Å²) < 4.78 is 5.12. The number of nitrogens with one attached hydrogen (secondary N) is 1. The number of benzene rings is 2. The standard InChI is InChI=1S/C16H18N2O2/c1-10-5-4-6-14(11(10)2)18-16(19)12-7-8-13(17)15(9-12)20-3/h4-9H,17H2,1-3H3,(H,18,19). The molecule has 4 heteroatoms. The molecule has 20 heavy (non-hydrogen) atoms. The first kappa shape index (κ1) is 13.9. The maximum Gasteiger partial charge on any atom is 0.255 e. The largest absolute Gasteiger partial charge is 0.495 e. The highest BCUT2D eigenvalue weighted by atomic mass is 16.5. The van der Waals surface area contributed by atoms with E-state index < -0.39 is 0 Å². The Morgan fingerprint density at radius 1 is 1.20 bits per heavy atom. The van der Waals surface area contributed by atoms with E-state index in [-0.39, 0.29) is 5.91 Å². The SMILES string of the molecule is COc1cc(C(=O)Nc2cccc(C)c2C)ccc1N. The summed E-state index contributed by atoms with van der Waals surface area (Å²) in [5.41, 5.74) is 9.77. The van der Waals surface area contributed by atoms with Crippen LogP contribution in [-0.2, 0) is 0 Å². The molecule has 0 fully saturated rings. The van der Waals surface area contributed by atoms with Crippen LogP contribution in [0.25, 0.3) is 0 Å². The molecule has 0 saturated heterocycles. The Balaban J connectivity index is 2.26. The van der Waals surface area contributed by atoms with E-state index in [9.17, 15) is 4.79 Å². The first-order chi connectivity index (χ1) is 9.52. The summed E-state index contributed by atoms with van der Waals surface area (Å²) in [5.74, 6) is 0.315. The summed E-state index contributed by atoms with van der Waals surface area (Å²) in [4.78, 5) is 12.2. The van der Waals surface area contributed by atoms with Crippen molar-refractivity contribution in [3.63, 3.8) is 0 Å². The molecule has 0 unspecified atom stereocenters. The van der Waals surface area contributed by atoms with Gasteiger partial charge in [-0.15, -0.1) is 0 Å². The first-order valence-electron chi connectivity index (χ1n) is 6.34. The average molecular weight is 270 g/mol. The van der Waals surface area contributed by atoms with Crippen molar-refractivity contribution < 1.29 is 9.53 Å². The zero-order chi connectivity index (χ0) is 14.7. The molecule has 0 spiro atoms. The fraction of sp³-hybridized carbons (Fsp3) is 0.188. The van der Waals surface area contributed by atoms with E-state index in [2.05, 4.69) is 5.32 Å². The highest BCUT2D eigenvalue weighted by molar-refractivity contribution is 6.05. The van der Waals surface area contributed by atoms with E-state index in [1.807, 2.05) is 32.0 Å². The molecule has 104 valence electrons. The Morgan fingerprint density at radius 2 is 1.95 bits per heavy atom. The van der Waals surface area contributed by atoms with Crippen molar-refractivity contribution >= 4 is 17.3 Å². The lowest BCUT2D eigenvalue weighted by molar-refractivity contribution is 0.102. The maximum absolute atomic E-state index is 12.2. The zero-order valence-electron chi connectivity index (χ0n) is 11.9. The zero-order valence-corrected chi connectivity index (χ0v) is 11.9. The smallest absolute Gasteiger partial charge is 0.255 e. The Morgan fingerprint density at radius 3 is 2.65 bits per heavy atom. The molecule has 0 heterocycles. The number of amides is 1. The monoisotopic (exact) mass is 270 g/mol. The lowest BCUT2D eigenvalue weighted by Gasteiger charge is -2.11. The van der Waals surface area contributed by atoms with Gasteiger partial charge >= 0.3 is 0 Å². The minimum Gasteiger partial charge on any atom is -0.495 e. The number of carbonyl (C=O) groups is 1. The van der Waals surface area contributed by atoms with Gasteiger partial charge in [0.15, 0.2) is 0 Å². The van der Waals surface area contributed by atoms with Crippen molar-refractivity contribution in [3.05, 3.63) is 53.1 Å². The van der Waals surface area contributed by atoms with E-state index >= 15 is 0 Å². The molecule has 0 atom stereocenters. The molecule has 0 aromatic heterocycles. The summed E-state index contributed by atoms with van der Waals surface area (Å²) in [7, 11) is 1.53. The topological polar surface area (TPSA) is 64.3 Å². The predicted octanol–water partition coefficient (Wildman–Crippen LogP) is 3.15. The number of nitrogens with two attached hydrogens (primary N) is 1. The third-order valence-electron chi connectivity index (χ3n) is 3.35. The summed E-state index contributed by atoms with van der Waals surface area (Å²) in [6.45, 7) is 3.99. The molecule has 0 aliphatic carbocycles. The number of rotatable bonds is 3. The molecule has 1 amide bonds. The molecule has 2 aromatic carbocycles. The van der Waals surface area contributed by atoms with E-state index in [0.717, 1.165) is 16.8 Å². The summed E-state index contributed by atoms with van der Waals surface area (Å²) in [5, 5.41) is 2.90. The van der Waals surface area contributed by atoms with Gasteiger partial charge in [-0.25, -0.2) is 0 Å². The quantitative estimate of drug-likeness (QED) is 0.842. The highest BCUT2D eigenvalue weighted by Crippen LogP contribution is 2.24. The maximum atomic E-state index is 12.2. The first-order valence-corrected chi connectivity index (χ1v) is 6.34. The second-order valence-electron chi connectivity index (χ2n) is 4.66. The van der Waals surface area contributed by atoms with Crippen LogP contribution in [-0.4, -0.2) is 13.0 Å². The number of hydrogen-bond acceptors (Lipinski definition) is 3. The van der Waals surface area contributed by atoms with Crippen LogP contribution in [0, 0.1) is 13.8 Å². The van der Waals surface area contributed by atoms with Crippen LogP contribution in [0.2, 0.25) is 0 Å². The molecule has 2 aromatic rings.